The molecule has 15 heteroatoms. The summed E-state index contributed by atoms with van der Waals surface area (Å²) in [7, 11) is -11.8. The van der Waals surface area contributed by atoms with E-state index < -0.39 is 56.2 Å². The molecule has 1 fully saturated rings. The third kappa shape index (κ3) is 5.34. The van der Waals surface area contributed by atoms with Crippen LogP contribution in [0.2, 0.25) is 0 Å². The number of sulfonamides is 2. The summed E-state index contributed by atoms with van der Waals surface area (Å²) in [5.41, 5.74) is -10.8. The first kappa shape index (κ1) is 22.9. The van der Waals surface area contributed by atoms with Crippen LogP contribution in [-0.2, 0) is 26.6 Å². The summed E-state index contributed by atoms with van der Waals surface area (Å²) in [5, 5.41) is 0. The molecule has 2 atom stereocenters. The van der Waals surface area contributed by atoms with Crippen molar-refractivity contribution in [1.29, 1.82) is 0 Å². The van der Waals surface area contributed by atoms with Crippen molar-refractivity contribution >= 4 is 20.0 Å². The van der Waals surface area contributed by atoms with E-state index in [2.05, 4.69) is 0 Å². The Morgan fingerprint density at radius 3 is 1.57 bits per heavy atom. The van der Waals surface area contributed by atoms with E-state index in [9.17, 15) is 43.2 Å². The van der Waals surface area contributed by atoms with Crippen molar-refractivity contribution in [2.24, 2.45) is 0 Å². The van der Waals surface area contributed by atoms with Crippen molar-refractivity contribution in [2.75, 3.05) is 13.1 Å². The van der Waals surface area contributed by atoms with Crippen molar-refractivity contribution < 1.29 is 43.2 Å². The quantitative estimate of drug-likeness (QED) is 0.627. The van der Waals surface area contributed by atoms with Crippen LogP contribution < -0.4 is 9.44 Å². The molecule has 1 aromatic carbocycles. The minimum absolute atomic E-state index is 0.0648. The van der Waals surface area contributed by atoms with E-state index in [1.54, 1.807) is 30.3 Å². The zero-order valence-corrected chi connectivity index (χ0v) is 15.5. The molecule has 0 radical (unpaired) electrons. The molecule has 0 aromatic heterocycles. The van der Waals surface area contributed by atoms with Crippen LogP contribution in [0.4, 0.5) is 26.3 Å². The van der Waals surface area contributed by atoms with Crippen molar-refractivity contribution in [3.05, 3.63) is 35.9 Å². The Morgan fingerprint density at radius 1 is 0.821 bits per heavy atom. The van der Waals surface area contributed by atoms with Gasteiger partial charge in [0.15, 0.2) is 0 Å². The van der Waals surface area contributed by atoms with Crippen LogP contribution in [0, 0.1) is 0 Å². The van der Waals surface area contributed by atoms with Gasteiger partial charge in [-0.15, -0.1) is 0 Å². The highest BCUT2D eigenvalue weighted by molar-refractivity contribution is 7.90. The fourth-order valence-corrected chi connectivity index (χ4v) is 4.17. The van der Waals surface area contributed by atoms with Crippen LogP contribution in [-0.4, -0.2) is 57.9 Å². The van der Waals surface area contributed by atoms with E-state index in [-0.39, 0.29) is 6.54 Å². The van der Waals surface area contributed by atoms with E-state index in [4.69, 9.17) is 0 Å². The number of rotatable bonds is 6. The topological polar surface area (TPSA) is 95.6 Å². The van der Waals surface area contributed by atoms with Gasteiger partial charge in [0.05, 0.1) is 12.1 Å². The Kier molecular flexibility index (Phi) is 6.35. The molecular formula is C13H15F6N3O4S2. The first-order valence-corrected chi connectivity index (χ1v) is 10.5. The minimum Gasteiger partial charge on any atom is -0.296 e. The van der Waals surface area contributed by atoms with Crippen molar-refractivity contribution in [3.8, 4) is 0 Å². The molecule has 7 nitrogen and oxygen atoms in total. The van der Waals surface area contributed by atoms with Crippen LogP contribution in [0.25, 0.3) is 0 Å². The Morgan fingerprint density at radius 2 is 1.21 bits per heavy atom. The molecule has 0 saturated carbocycles. The number of hydrogen-bond acceptors (Lipinski definition) is 5. The van der Waals surface area contributed by atoms with Gasteiger partial charge in [0, 0.05) is 19.6 Å². The molecule has 1 aliphatic heterocycles. The number of hydrogen-bond donors (Lipinski definition) is 2. The smallest absolute Gasteiger partial charge is 0.296 e. The normalized spacial score (nSPS) is 22.5. The molecule has 1 aromatic rings. The molecule has 0 aliphatic carbocycles. The molecule has 2 rings (SSSR count). The molecule has 1 saturated heterocycles. The van der Waals surface area contributed by atoms with Crippen molar-refractivity contribution in [1.82, 2.24) is 14.3 Å². The van der Waals surface area contributed by atoms with E-state index in [1.165, 1.54) is 14.3 Å². The van der Waals surface area contributed by atoms with Gasteiger partial charge < -0.3 is 0 Å². The summed E-state index contributed by atoms with van der Waals surface area (Å²) in [4.78, 5) is 1.34. The van der Waals surface area contributed by atoms with E-state index in [0.29, 0.717) is 5.56 Å². The molecule has 28 heavy (non-hydrogen) atoms. The summed E-state index contributed by atoms with van der Waals surface area (Å²) in [6.07, 6.45) is 0. The SMILES string of the molecule is O=S(=O)(N[C@@H]1CN(Cc2ccccc2)C[C@H]1NS(=O)(=O)C(F)(F)F)C(F)(F)F. The molecule has 160 valence electrons. The highest BCUT2D eigenvalue weighted by Gasteiger charge is 2.52. The Hall–Kier alpha value is -1.42. The lowest BCUT2D eigenvalue weighted by Crippen LogP contribution is -2.55. The second-order valence-corrected chi connectivity index (χ2v) is 9.44. The highest BCUT2D eigenvalue weighted by Crippen LogP contribution is 2.26. The summed E-state index contributed by atoms with van der Waals surface area (Å²) in [6, 6.07) is 4.76. The van der Waals surface area contributed by atoms with E-state index in [0.717, 1.165) is 0 Å². The van der Waals surface area contributed by atoms with Crippen LogP contribution in [0.3, 0.4) is 0 Å². The van der Waals surface area contributed by atoms with Gasteiger partial charge >= 0.3 is 31.1 Å². The zero-order valence-electron chi connectivity index (χ0n) is 13.8. The van der Waals surface area contributed by atoms with Gasteiger partial charge in [0.2, 0.25) is 0 Å². The van der Waals surface area contributed by atoms with Crippen molar-refractivity contribution in [3.63, 3.8) is 0 Å². The minimum atomic E-state index is -5.89. The maximum Gasteiger partial charge on any atom is 0.511 e. The number of benzene rings is 1. The summed E-state index contributed by atoms with van der Waals surface area (Å²) in [5.74, 6) is 0. The Balaban J connectivity index is 2.24. The second-order valence-electron chi connectivity index (χ2n) is 6.03. The maximum absolute atomic E-state index is 12.6. The van der Waals surface area contributed by atoms with Crippen LogP contribution in [0.15, 0.2) is 30.3 Å². The predicted octanol–water partition coefficient (Wildman–Crippen LogP) is 1.12. The second kappa shape index (κ2) is 7.78. The number of halogens is 6. The Bertz CT molecular complexity index is 833. The van der Waals surface area contributed by atoms with Gasteiger partial charge in [-0.3, -0.25) is 4.90 Å². The van der Waals surface area contributed by atoms with Gasteiger partial charge in [-0.25, -0.2) is 26.3 Å². The third-order valence-electron chi connectivity index (χ3n) is 3.87. The largest absolute Gasteiger partial charge is 0.511 e. The fourth-order valence-electron chi connectivity index (χ4n) is 2.63. The van der Waals surface area contributed by atoms with Gasteiger partial charge in [0.1, 0.15) is 0 Å². The number of likely N-dealkylation sites (tertiary alicyclic amines) is 1. The lowest BCUT2D eigenvalue weighted by molar-refractivity contribution is -0.0463. The molecule has 0 amide bonds. The third-order valence-corrected chi connectivity index (χ3v) is 6.31. The monoisotopic (exact) mass is 455 g/mol. The molecule has 0 spiro atoms. The zero-order chi connectivity index (χ0) is 21.4. The molecule has 1 heterocycles. The van der Waals surface area contributed by atoms with Crippen molar-refractivity contribution in [2.45, 2.75) is 29.6 Å². The maximum atomic E-state index is 12.6. The summed E-state index contributed by atoms with van der Waals surface area (Å²) >= 11 is 0. The number of alkyl halides is 6. The molecule has 0 bridgehead atoms. The first-order valence-electron chi connectivity index (χ1n) is 7.56. The van der Waals surface area contributed by atoms with Gasteiger partial charge in [-0.2, -0.15) is 26.3 Å². The summed E-state index contributed by atoms with van der Waals surface area (Å²) in [6.45, 7) is -0.806. The fraction of sp³-hybridized carbons (Fsp3) is 0.538. The van der Waals surface area contributed by atoms with Crippen LogP contribution in [0.1, 0.15) is 5.56 Å². The van der Waals surface area contributed by atoms with Gasteiger partial charge in [-0.05, 0) is 5.56 Å². The number of nitrogens with one attached hydrogen (secondary N) is 2. The highest BCUT2D eigenvalue weighted by atomic mass is 32.2. The van der Waals surface area contributed by atoms with Gasteiger partial charge in [-0.1, -0.05) is 30.3 Å². The van der Waals surface area contributed by atoms with E-state index in [1.807, 2.05) is 0 Å². The molecule has 1 aliphatic rings. The van der Waals surface area contributed by atoms with Crippen LogP contribution in [0.5, 0.6) is 0 Å². The lowest BCUT2D eigenvalue weighted by Gasteiger charge is -2.22. The molecule has 0 unspecified atom stereocenters. The van der Waals surface area contributed by atoms with E-state index >= 15 is 0 Å². The van der Waals surface area contributed by atoms with Gasteiger partial charge in [0.25, 0.3) is 0 Å². The van der Waals surface area contributed by atoms with Crippen LogP contribution >= 0.6 is 0 Å². The first-order chi connectivity index (χ1) is 12.6. The Labute approximate surface area is 156 Å². The predicted molar refractivity (Wildman–Crippen MR) is 85.5 cm³/mol. The molecular weight excluding hydrogens is 440 g/mol. The average Bonchev–Trinajstić information content (AvgIpc) is 2.86. The average molecular weight is 455 g/mol. The standard InChI is InChI=1S/C13H15F6N3O4S2/c14-12(15,16)27(23,24)20-10-7-22(6-9-4-2-1-3-5-9)8-11(10)21-28(25,26)13(17,18)19/h1-5,10-11,20-21H,6-8H2/t10-,11-/m1/s1. The molecule has 2 N–H and O–H groups in total. The number of nitrogens with zero attached hydrogens (tertiary/aromatic N) is 1. The lowest BCUT2D eigenvalue weighted by atomic mass is 10.2. The summed E-state index contributed by atoms with van der Waals surface area (Å²) < 4.78 is 123.